The number of rotatable bonds is 8. The molecule has 1 aromatic heterocycles. The van der Waals surface area contributed by atoms with Crippen molar-refractivity contribution in [1.82, 2.24) is 10.2 Å². The molecule has 0 radical (unpaired) electrons. The molecule has 1 heterocycles. The van der Waals surface area contributed by atoms with Crippen LogP contribution in [0.2, 0.25) is 0 Å². The van der Waals surface area contributed by atoms with Gasteiger partial charge in [0.15, 0.2) is 0 Å². The summed E-state index contributed by atoms with van der Waals surface area (Å²) in [7, 11) is 3.48. The highest BCUT2D eigenvalue weighted by Crippen LogP contribution is 2.08. The van der Waals surface area contributed by atoms with Gasteiger partial charge >= 0.3 is 5.97 Å². The Morgan fingerprint density at radius 1 is 1.53 bits per heavy atom. The normalized spacial score (nSPS) is 11.3. The molecule has 5 heteroatoms. The first-order valence-corrected chi connectivity index (χ1v) is 6.61. The van der Waals surface area contributed by atoms with Crippen molar-refractivity contribution in [2.45, 2.75) is 32.9 Å². The van der Waals surface area contributed by atoms with Gasteiger partial charge in [-0.25, -0.2) is 4.79 Å². The number of ether oxygens (including phenoxy) is 1. The first-order chi connectivity index (χ1) is 9.04. The molecule has 0 amide bonds. The highest BCUT2D eigenvalue weighted by Gasteiger charge is 2.09. The van der Waals surface area contributed by atoms with E-state index in [9.17, 15) is 4.79 Å². The standard InChI is InChI=1S/C14H24N2O3/c1-11(2)16(3)7-5-6-15-9-13-8-12(10-19-13)14(17)18-4/h8,10-11,15H,5-7,9H2,1-4H3. The number of carbonyl (C=O) groups is 1. The van der Waals surface area contributed by atoms with E-state index in [2.05, 4.69) is 35.8 Å². The van der Waals surface area contributed by atoms with Crippen molar-refractivity contribution in [3.05, 3.63) is 23.7 Å². The molecule has 0 atom stereocenters. The van der Waals surface area contributed by atoms with Crippen LogP contribution in [0.4, 0.5) is 0 Å². The number of nitrogens with one attached hydrogen (secondary N) is 1. The highest BCUT2D eigenvalue weighted by molar-refractivity contribution is 5.88. The Bertz CT molecular complexity index is 388. The predicted octanol–water partition coefficient (Wildman–Crippen LogP) is 1.89. The van der Waals surface area contributed by atoms with Crippen molar-refractivity contribution < 1.29 is 13.9 Å². The monoisotopic (exact) mass is 268 g/mol. The van der Waals surface area contributed by atoms with Crippen LogP contribution in [-0.2, 0) is 11.3 Å². The van der Waals surface area contributed by atoms with Gasteiger partial charge < -0.3 is 19.4 Å². The number of methoxy groups -OCH3 is 1. The van der Waals surface area contributed by atoms with Crippen LogP contribution < -0.4 is 5.32 Å². The summed E-state index contributed by atoms with van der Waals surface area (Å²) in [5.74, 6) is 0.381. The second-order valence-electron chi connectivity index (χ2n) is 4.90. The number of hydrogen-bond donors (Lipinski definition) is 1. The summed E-state index contributed by atoms with van der Waals surface area (Å²) in [6.07, 6.45) is 2.51. The largest absolute Gasteiger partial charge is 0.467 e. The average Bonchev–Trinajstić information content (AvgIpc) is 2.85. The minimum atomic E-state index is -0.367. The first-order valence-electron chi connectivity index (χ1n) is 6.61. The molecule has 1 rings (SSSR count). The van der Waals surface area contributed by atoms with Crippen molar-refractivity contribution in [3.63, 3.8) is 0 Å². The molecule has 0 aliphatic carbocycles. The van der Waals surface area contributed by atoms with Crippen molar-refractivity contribution >= 4 is 5.97 Å². The second-order valence-corrected chi connectivity index (χ2v) is 4.90. The summed E-state index contributed by atoms with van der Waals surface area (Å²) < 4.78 is 9.90. The third kappa shape index (κ3) is 5.44. The maximum Gasteiger partial charge on any atom is 0.341 e. The average molecular weight is 268 g/mol. The number of furan rings is 1. The zero-order valence-corrected chi connectivity index (χ0v) is 12.2. The van der Waals surface area contributed by atoms with Crippen LogP contribution in [0.15, 0.2) is 16.7 Å². The van der Waals surface area contributed by atoms with Crippen LogP contribution in [0.3, 0.4) is 0 Å². The van der Waals surface area contributed by atoms with Gasteiger partial charge in [0.1, 0.15) is 12.0 Å². The van der Waals surface area contributed by atoms with E-state index in [1.54, 1.807) is 6.07 Å². The molecule has 0 bridgehead atoms. The summed E-state index contributed by atoms with van der Waals surface area (Å²) >= 11 is 0. The minimum absolute atomic E-state index is 0.367. The van der Waals surface area contributed by atoms with Crippen LogP contribution in [0.1, 0.15) is 36.4 Å². The van der Waals surface area contributed by atoms with Gasteiger partial charge in [0.25, 0.3) is 0 Å². The molecule has 108 valence electrons. The summed E-state index contributed by atoms with van der Waals surface area (Å²) in [5, 5.41) is 3.29. The van der Waals surface area contributed by atoms with Crippen molar-refractivity contribution in [1.29, 1.82) is 0 Å². The van der Waals surface area contributed by atoms with E-state index in [1.807, 2.05) is 0 Å². The number of carbonyl (C=O) groups excluding carboxylic acids is 1. The van der Waals surface area contributed by atoms with Crippen LogP contribution in [0, 0.1) is 0 Å². The van der Waals surface area contributed by atoms with E-state index in [-0.39, 0.29) is 5.97 Å². The van der Waals surface area contributed by atoms with Crippen molar-refractivity contribution in [2.75, 3.05) is 27.2 Å². The van der Waals surface area contributed by atoms with E-state index < -0.39 is 0 Å². The fraction of sp³-hybridized carbons (Fsp3) is 0.643. The molecule has 0 unspecified atom stereocenters. The molecule has 0 saturated carbocycles. The van der Waals surface area contributed by atoms with Gasteiger partial charge in [-0.05, 0) is 46.5 Å². The number of nitrogens with zero attached hydrogens (tertiary/aromatic N) is 1. The summed E-state index contributed by atoms with van der Waals surface area (Å²) in [6, 6.07) is 2.28. The zero-order chi connectivity index (χ0) is 14.3. The summed E-state index contributed by atoms with van der Waals surface area (Å²) in [4.78, 5) is 13.5. The second kappa shape index (κ2) is 7.96. The summed E-state index contributed by atoms with van der Waals surface area (Å²) in [6.45, 7) is 6.99. The van der Waals surface area contributed by atoms with Gasteiger partial charge in [0.05, 0.1) is 19.2 Å². The molecular formula is C14H24N2O3. The Morgan fingerprint density at radius 2 is 2.26 bits per heavy atom. The zero-order valence-electron chi connectivity index (χ0n) is 12.2. The highest BCUT2D eigenvalue weighted by atomic mass is 16.5. The number of hydrogen-bond acceptors (Lipinski definition) is 5. The lowest BCUT2D eigenvalue weighted by molar-refractivity contribution is 0.0600. The molecule has 0 aliphatic rings. The van der Waals surface area contributed by atoms with Crippen LogP contribution in [-0.4, -0.2) is 44.2 Å². The smallest absolute Gasteiger partial charge is 0.341 e. The first kappa shape index (κ1) is 15.7. The Balaban J connectivity index is 2.19. The van der Waals surface area contributed by atoms with Crippen molar-refractivity contribution in [3.8, 4) is 0 Å². The Morgan fingerprint density at radius 3 is 2.89 bits per heavy atom. The molecular weight excluding hydrogens is 244 g/mol. The third-order valence-electron chi connectivity index (χ3n) is 3.12. The molecule has 1 N–H and O–H groups in total. The van der Waals surface area contributed by atoms with Crippen LogP contribution in [0.25, 0.3) is 0 Å². The van der Waals surface area contributed by atoms with E-state index in [1.165, 1.54) is 13.4 Å². The number of esters is 1. The van der Waals surface area contributed by atoms with E-state index in [0.717, 1.165) is 25.3 Å². The fourth-order valence-electron chi connectivity index (χ4n) is 1.62. The van der Waals surface area contributed by atoms with E-state index >= 15 is 0 Å². The van der Waals surface area contributed by atoms with Gasteiger partial charge in [-0.3, -0.25) is 0 Å². The molecule has 0 saturated heterocycles. The van der Waals surface area contributed by atoms with Gasteiger partial charge in [0, 0.05) is 6.04 Å². The Kier molecular flexibility index (Phi) is 6.59. The quantitative estimate of drug-likeness (QED) is 0.576. The van der Waals surface area contributed by atoms with Crippen LogP contribution >= 0.6 is 0 Å². The molecule has 0 aromatic carbocycles. The molecule has 19 heavy (non-hydrogen) atoms. The minimum Gasteiger partial charge on any atom is -0.467 e. The lowest BCUT2D eigenvalue weighted by atomic mass is 10.3. The lowest BCUT2D eigenvalue weighted by Crippen LogP contribution is -2.29. The molecule has 1 aromatic rings. The maximum atomic E-state index is 11.2. The predicted molar refractivity (Wildman–Crippen MR) is 74.1 cm³/mol. The van der Waals surface area contributed by atoms with Gasteiger partial charge in [-0.2, -0.15) is 0 Å². The molecule has 0 aliphatic heterocycles. The van der Waals surface area contributed by atoms with Crippen molar-refractivity contribution in [2.24, 2.45) is 0 Å². The van der Waals surface area contributed by atoms with Gasteiger partial charge in [0.2, 0.25) is 0 Å². The molecule has 0 spiro atoms. The van der Waals surface area contributed by atoms with Gasteiger partial charge in [-0.1, -0.05) is 0 Å². The molecule has 5 nitrogen and oxygen atoms in total. The summed E-state index contributed by atoms with van der Waals surface area (Å²) in [5.41, 5.74) is 0.457. The van der Waals surface area contributed by atoms with Crippen LogP contribution in [0.5, 0.6) is 0 Å². The molecule has 0 fully saturated rings. The Hall–Kier alpha value is -1.33. The fourth-order valence-corrected chi connectivity index (χ4v) is 1.62. The van der Waals surface area contributed by atoms with E-state index in [4.69, 9.17) is 4.42 Å². The lowest BCUT2D eigenvalue weighted by Gasteiger charge is -2.20. The van der Waals surface area contributed by atoms with Gasteiger partial charge in [-0.15, -0.1) is 0 Å². The topological polar surface area (TPSA) is 54.7 Å². The van der Waals surface area contributed by atoms with E-state index in [0.29, 0.717) is 18.2 Å². The Labute approximate surface area is 114 Å². The third-order valence-corrected chi connectivity index (χ3v) is 3.12. The maximum absolute atomic E-state index is 11.2. The SMILES string of the molecule is COC(=O)c1coc(CNCCCN(C)C(C)C)c1.